The van der Waals surface area contributed by atoms with Gasteiger partial charge in [-0.05, 0) is 32.0 Å². The van der Waals surface area contributed by atoms with Crippen molar-refractivity contribution in [3.8, 4) is 16.9 Å². The molecule has 3 rings (SSSR count). The van der Waals surface area contributed by atoms with Gasteiger partial charge in [-0.3, -0.25) is 4.79 Å². The summed E-state index contributed by atoms with van der Waals surface area (Å²) >= 11 is 0. The molecule has 1 aromatic heterocycles. The number of aromatic nitrogens is 2. The summed E-state index contributed by atoms with van der Waals surface area (Å²) in [4.78, 5) is 25.1. The third kappa shape index (κ3) is 5.12. The Morgan fingerprint density at radius 3 is 2.60 bits per heavy atom. The zero-order valence-corrected chi connectivity index (χ0v) is 17.3. The van der Waals surface area contributed by atoms with Crippen LogP contribution in [0.25, 0.3) is 16.9 Å². The summed E-state index contributed by atoms with van der Waals surface area (Å²) < 4.78 is 12.0. The maximum atomic E-state index is 12.9. The third-order valence-corrected chi connectivity index (χ3v) is 4.50. The number of rotatable bonds is 8. The Kier molecular flexibility index (Phi) is 6.98. The second-order valence-corrected chi connectivity index (χ2v) is 6.87. The summed E-state index contributed by atoms with van der Waals surface area (Å²) in [6, 6.07) is 17.2. The number of carbonyl (C=O) groups is 2. The zero-order valence-electron chi connectivity index (χ0n) is 17.3. The van der Waals surface area contributed by atoms with E-state index in [0.29, 0.717) is 24.4 Å². The lowest BCUT2D eigenvalue weighted by Crippen LogP contribution is -2.37. The highest BCUT2D eigenvalue weighted by atomic mass is 16.5. The van der Waals surface area contributed by atoms with Crippen LogP contribution in [-0.4, -0.2) is 48.0 Å². The maximum Gasteiger partial charge on any atom is 0.342 e. The molecule has 0 bridgehead atoms. The van der Waals surface area contributed by atoms with Crippen molar-refractivity contribution in [2.24, 2.45) is 0 Å². The monoisotopic (exact) mass is 407 g/mol. The molecule has 1 N–H and O–H groups in total. The lowest BCUT2D eigenvalue weighted by Gasteiger charge is -2.13. The Morgan fingerprint density at radius 2 is 1.90 bits per heavy atom. The molecule has 7 heteroatoms. The van der Waals surface area contributed by atoms with Crippen LogP contribution in [-0.2, 0) is 14.3 Å². The minimum absolute atomic E-state index is 0.293. The number of amides is 1. The second-order valence-electron chi connectivity index (χ2n) is 6.87. The van der Waals surface area contributed by atoms with E-state index in [1.165, 1.54) is 6.92 Å². The third-order valence-electron chi connectivity index (χ3n) is 4.50. The fourth-order valence-corrected chi connectivity index (χ4v) is 2.94. The van der Waals surface area contributed by atoms with Crippen LogP contribution >= 0.6 is 0 Å². The molecule has 156 valence electrons. The normalized spacial score (nSPS) is 11.7. The molecule has 30 heavy (non-hydrogen) atoms. The molecule has 2 aromatic carbocycles. The van der Waals surface area contributed by atoms with Crippen molar-refractivity contribution in [2.45, 2.75) is 20.0 Å². The number of ether oxygens (including phenoxy) is 2. The molecule has 1 heterocycles. The minimum Gasteiger partial charge on any atom is -0.449 e. The number of nitrogens with one attached hydrogen (secondary N) is 1. The second kappa shape index (κ2) is 9.84. The standard InChI is InChI=1S/C23H25N3O4/c1-16-8-7-9-18(14-16)21-20(15-26(25-21)19-10-5-4-6-11-19)23(28)30-17(2)22(27)24-12-13-29-3/h4-11,14-15,17H,12-13H2,1-3H3,(H,24,27)/t17-/m1/s1. The topological polar surface area (TPSA) is 82.5 Å². The molecule has 0 radical (unpaired) electrons. The van der Waals surface area contributed by atoms with E-state index in [4.69, 9.17) is 9.47 Å². The van der Waals surface area contributed by atoms with Crippen LogP contribution < -0.4 is 5.32 Å². The van der Waals surface area contributed by atoms with Gasteiger partial charge in [0.25, 0.3) is 5.91 Å². The van der Waals surface area contributed by atoms with Crippen LogP contribution in [0.15, 0.2) is 60.8 Å². The largest absolute Gasteiger partial charge is 0.449 e. The van der Waals surface area contributed by atoms with E-state index in [2.05, 4.69) is 10.4 Å². The van der Waals surface area contributed by atoms with Crippen LogP contribution in [0.1, 0.15) is 22.8 Å². The summed E-state index contributed by atoms with van der Waals surface area (Å²) in [5, 5.41) is 7.29. The van der Waals surface area contributed by atoms with Gasteiger partial charge in [-0.2, -0.15) is 5.10 Å². The molecule has 0 saturated carbocycles. The summed E-state index contributed by atoms with van der Waals surface area (Å²) in [5.74, 6) is -0.990. The average molecular weight is 407 g/mol. The van der Waals surface area contributed by atoms with Crippen molar-refractivity contribution in [1.29, 1.82) is 0 Å². The van der Waals surface area contributed by atoms with Gasteiger partial charge in [-0.25, -0.2) is 9.48 Å². The Bertz CT molecular complexity index is 1010. The van der Waals surface area contributed by atoms with Gasteiger partial charge in [0.05, 0.1) is 12.3 Å². The quantitative estimate of drug-likeness (QED) is 0.458. The molecule has 0 spiro atoms. The first kappa shape index (κ1) is 21.3. The number of carbonyl (C=O) groups excluding carboxylic acids is 2. The number of nitrogens with zero attached hydrogens (tertiary/aromatic N) is 2. The molecule has 1 amide bonds. The van der Waals surface area contributed by atoms with Gasteiger partial charge < -0.3 is 14.8 Å². The summed E-state index contributed by atoms with van der Waals surface area (Å²) in [5.41, 5.74) is 3.46. The van der Waals surface area contributed by atoms with Gasteiger partial charge in [0.15, 0.2) is 6.10 Å². The molecule has 0 fully saturated rings. The SMILES string of the molecule is COCCNC(=O)[C@@H](C)OC(=O)c1cn(-c2ccccc2)nc1-c1cccc(C)c1. The lowest BCUT2D eigenvalue weighted by molar-refractivity contribution is -0.129. The Balaban J connectivity index is 1.89. The Hall–Kier alpha value is -3.45. The van der Waals surface area contributed by atoms with Gasteiger partial charge in [-0.1, -0.05) is 42.0 Å². The van der Waals surface area contributed by atoms with E-state index in [9.17, 15) is 9.59 Å². The highest BCUT2D eigenvalue weighted by Gasteiger charge is 2.24. The first-order chi connectivity index (χ1) is 14.5. The molecule has 1 atom stereocenters. The smallest absolute Gasteiger partial charge is 0.342 e. The fourth-order valence-electron chi connectivity index (χ4n) is 2.94. The number of benzene rings is 2. The van der Waals surface area contributed by atoms with Crippen molar-refractivity contribution in [2.75, 3.05) is 20.3 Å². The molecule has 0 aliphatic heterocycles. The molecular weight excluding hydrogens is 382 g/mol. The molecule has 0 saturated heterocycles. The van der Waals surface area contributed by atoms with Gasteiger partial charge in [0.1, 0.15) is 11.3 Å². The van der Waals surface area contributed by atoms with Crippen molar-refractivity contribution in [1.82, 2.24) is 15.1 Å². The predicted molar refractivity (Wildman–Crippen MR) is 114 cm³/mol. The molecule has 7 nitrogen and oxygen atoms in total. The highest BCUT2D eigenvalue weighted by molar-refractivity contribution is 5.97. The first-order valence-electron chi connectivity index (χ1n) is 9.69. The van der Waals surface area contributed by atoms with Gasteiger partial charge in [0.2, 0.25) is 0 Å². The van der Waals surface area contributed by atoms with Gasteiger partial charge >= 0.3 is 5.97 Å². The lowest BCUT2D eigenvalue weighted by atomic mass is 10.1. The number of hydrogen-bond acceptors (Lipinski definition) is 5. The fraction of sp³-hybridized carbons (Fsp3) is 0.261. The first-order valence-corrected chi connectivity index (χ1v) is 9.69. The average Bonchev–Trinajstić information content (AvgIpc) is 3.20. The molecule has 0 aliphatic carbocycles. The van der Waals surface area contributed by atoms with Crippen LogP contribution in [0.3, 0.4) is 0 Å². The number of para-hydroxylation sites is 1. The van der Waals surface area contributed by atoms with Crippen LogP contribution in [0.4, 0.5) is 0 Å². The van der Waals surface area contributed by atoms with Crippen LogP contribution in [0.2, 0.25) is 0 Å². The minimum atomic E-state index is -0.945. The maximum absolute atomic E-state index is 12.9. The zero-order chi connectivity index (χ0) is 21.5. The molecular formula is C23H25N3O4. The highest BCUT2D eigenvalue weighted by Crippen LogP contribution is 2.25. The van der Waals surface area contributed by atoms with Crippen molar-refractivity contribution < 1.29 is 19.1 Å². The number of hydrogen-bond donors (Lipinski definition) is 1. The van der Waals surface area contributed by atoms with E-state index >= 15 is 0 Å². The van der Waals surface area contributed by atoms with Crippen molar-refractivity contribution >= 4 is 11.9 Å². The number of esters is 1. The predicted octanol–water partition coefficient (Wildman–Crippen LogP) is 3.16. The molecule has 0 unspecified atom stereocenters. The van der Waals surface area contributed by atoms with E-state index in [0.717, 1.165) is 16.8 Å². The summed E-state index contributed by atoms with van der Waals surface area (Å²) in [7, 11) is 1.55. The summed E-state index contributed by atoms with van der Waals surface area (Å²) in [6.07, 6.45) is 0.685. The van der Waals surface area contributed by atoms with Crippen molar-refractivity contribution in [3.05, 3.63) is 71.9 Å². The van der Waals surface area contributed by atoms with Gasteiger partial charge in [-0.15, -0.1) is 0 Å². The van der Waals surface area contributed by atoms with E-state index in [-0.39, 0.29) is 5.91 Å². The van der Waals surface area contributed by atoms with E-state index in [1.807, 2.05) is 61.5 Å². The Morgan fingerprint density at radius 1 is 1.13 bits per heavy atom. The van der Waals surface area contributed by atoms with E-state index in [1.54, 1.807) is 18.0 Å². The number of aryl methyl sites for hydroxylation is 1. The van der Waals surface area contributed by atoms with Crippen LogP contribution in [0.5, 0.6) is 0 Å². The molecule has 3 aromatic rings. The van der Waals surface area contributed by atoms with E-state index < -0.39 is 12.1 Å². The van der Waals surface area contributed by atoms with Crippen molar-refractivity contribution in [3.63, 3.8) is 0 Å². The molecule has 0 aliphatic rings. The number of methoxy groups -OCH3 is 1. The van der Waals surface area contributed by atoms with Gasteiger partial charge in [0, 0.05) is 25.4 Å². The van der Waals surface area contributed by atoms with Crippen LogP contribution in [0, 0.1) is 6.92 Å². The summed E-state index contributed by atoms with van der Waals surface area (Å²) in [6.45, 7) is 4.24. The Labute approximate surface area is 175 Å².